The number of carbonyl (C=O) groups excluding carboxylic acids is 1. The van der Waals surface area contributed by atoms with Crippen LogP contribution in [0.15, 0.2) is 77.7 Å². The maximum absolute atomic E-state index is 13.1. The first-order valence-corrected chi connectivity index (χ1v) is 13.0. The second-order valence-corrected chi connectivity index (χ2v) is 10.8. The van der Waals surface area contributed by atoms with Crippen LogP contribution in [0.2, 0.25) is 5.02 Å². The van der Waals surface area contributed by atoms with E-state index >= 15 is 0 Å². The van der Waals surface area contributed by atoms with Gasteiger partial charge in [-0.1, -0.05) is 53.6 Å². The molecule has 0 spiro atoms. The molecule has 8 heteroatoms. The van der Waals surface area contributed by atoms with Crippen LogP contribution < -0.4 is 9.62 Å². The van der Waals surface area contributed by atoms with E-state index in [2.05, 4.69) is 5.32 Å². The lowest BCUT2D eigenvalue weighted by Crippen LogP contribution is -2.31. The van der Waals surface area contributed by atoms with Gasteiger partial charge in [0.1, 0.15) is 0 Å². The fourth-order valence-corrected chi connectivity index (χ4v) is 5.32. The van der Waals surface area contributed by atoms with Gasteiger partial charge in [0.2, 0.25) is 0 Å². The minimum atomic E-state index is -3.79. The van der Waals surface area contributed by atoms with Crippen molar-refractivity contribution in [1.29, 1.82) is 0 Å². The molecule has 0 unspecified atom stereocenters. The number of nitrogens with zero attached hydrogens (tertiary/aromatic N) is 1. The first kappa shape index (κ1) is 24.2. The van der Waals surface area contributed by atoms with Crippen LogP contribution in [0.25, 0.3) is 0 Å². The third-order valence-electron chi connectivity index (χ3n) is 4.86. The molecule has 0 heterocycles. The highest BCUT2D eigenvalue weighted by Gasteiger charge is 2.24. The minimum Gasteiger partial charge on any atom is -0.351 e. The highest BCUT2D eigenvalue weighted by molar-refractivity contribution is 7.98. The van der Waals surface area contributed by atoms with Gasteiger partial charge < -0.3 is 5.32 Å². The number of sulfonamides is 1. The zero-order valence-electron chi connectivity index (χ0n) is 17.9. The van der Waals surface area contributed by atoms with Crippen LogP contribution in [0.5, 0.6) is 0 Å². The predicted octanol–water partition coefficient (Wildman–Crippen LogP) is 5.14. The number of nitrogens with one attached hydrogen (secondary N) is 1. The van der Waals surface area contributed by atoms with Crippen molar-refractivity contribution in [3.63, 3.8) is 0 Å². The van der Waals surface area contributed by atoms with Gasteiger partial charge in [-0.05, 0) is 48.9 Å². The number of amides is 1. The Morgan fingerprint density at radius 1 is 1.03 bits per heavy atom. The fourth-order valence-electron chi connectivity index (χ4n) is 3.09. The second kappa shape index (κ2) is 10.9. The van der Waals surface area contributed by atoms with E-state index < -0.39 is 10.0 Å². The van der Waals surface area contributed by atoms with Gasteiger partial charge in [-0.3, -0.25) is 9.10 Å². The molecule has 0 fully saturated rings. The number of thioether (sulfide) groups is 1. The first-order chi connectivity index (χ1) is 15.3. The molecule has 3 aromatic rings. The lowest BCUT2D eigenvalue weighted by molar-refractivity contribution is 0.0957. The summed E-state index contributed by atoms with van der Waals surface area (Å²) in [6.07, 6.45) is 0. The van der Waals surface area contributed by atoms with Crippen LogP contribution in [0, 0.1) is 6.92 Å². The van der Waals surface area contributed by atoms with E-state index in [9.17, 15) is 13.2 Å². The molecule has 32 heavy (non-hydrogen) atoms. The Hall–Kier alpha value is -2.48. The zero-order valence-corrected chi connectivity index (χ0v) is 20.3. The summed E-state index contributed by atoms with van der Waals surface area (Å²) in [7, 11) is -2.33. The molecule has 0 aliphatic heterocycles. The number of anilines is 1. The number of hydrogen-bond donors (Lipinski definition) is 1. The normalized spacial score (nSPS) is 11.2. The summed E-state index contributed by atoms with van der Waals surface area (Å²) in [5.74, 6) is 1.21. The van der Waals surface area contributed by atoms with E-state index in [0.717, 1.165) is 26.9 Å². The molecule has 5 nitrogen and oxygen atoms in total. The van der Waals surface area contributed by atoms with Crippen molar-refractivity contribution < 1.29 is 13.2 Å². The Labute approximate surface area is 198 Å². The summed E-state index contributed by atoms with van der Waals surface area (Å²) in [6.45, 7) is 2.36. The smallest absolute Gasteiger partial charge is 0.264 e. The monoisotopic (exact) mass is 488 g/mol. The van der Waals surface area contributed by atoms with Crippen LogP contribution in [0.1, 0.15) is 21.5 Å². The van der Waals surface area contributed by atoms with Crippen LogP contribution in [-0.4, -0.2) is 33.7 Å². The van der Waals surface area contributed by atoms with E-state index in [0.29, 0.717) is 22.8 Å². The summed E-state index contributed by atoms with van der Waals surface area (Å²) >= 11 is 7.69. The van der Waals surface area contributed by atoms with Crippen molar-refractivity contribution in [2.75, 3.05) is 23.7 Å². The van der Waals surface area contributed by atoms with Crippen molar-refractivity contribution >= 4 is 45.0 Å². The molecule has 0 aromatic heterocycles. The molecule has 0 saturated heterocycles. The van der Waals surface area contributed by atoms with Gasteiger partial charge in [0.15, 0.2) is 0 Å². The highest BCUT2D eigenvalue weighted by Crippen LogP contribution is 2.26. The summed E-state index contributed by atoms with van der Waals surface area (Å²) in [5, 5.41) is 3.59. The van der Waals surface area contributed by atoms with Gasteiger partial charge in [-0.25, -0.2) is 8.42 Å². The molecule has 0 radical (unpaired) electrons. The summed E-state index contributed by atoms with van der Waals surface area (Å²) in [6, 6.07) is 21.0. The zero-order chi connectivity index (χ0) is 23.1. The van der Waals surface area contributed by atoms with E-state index in [1.807, 2.05) is 31.2 Å². The number of hydrogen-bond acceptors (Lipinski definition) is 4. The van der Waals surface area contributed by atoms with Gasteiger partial charge in [0, 0.05) is 30.1 Å². The summed E-state index contributed by atoms with van der Waals surface area (Å²) in [5.41, 5.74) is 2.74. The summed E-state index contributed by atoms with van der Waals surface area (Å²) < 4.78 is 27.3. The Morgan fingerprint density at radius 2 is 1.75 bits per heavy atom. The van der Waals surface area contributed by atoms with E-state index in [1.165, 1.54) is 7.05 Å². The first-order valence-electron chi connectivity index (χ1n) is 10.0. The molecule has 1 amide bonds. The molecule has 0 aliphatic carbocycles. The maximum Gasteiger partial charge on any atom is 0.264 e. The average Bonchev–Trinajstić information content (AvgIpc) is 2.78. The standard InChI is InChI=1S/C24H25ClN2O3S2/c1-18-10-12-21(13-11-18)32(29,30)27(2)23-9-4-3-8-22(23)24(28)26-14-15-31-17-19-6-5-7-20(25)16-19/h3-13,16H,14-15,17H2,1-2H3,(H,26,28). The van der Waals surface area contributed by atoms with Crippen LogP contribution >= 0.6 is 23.4 Å². The van der Waals surface area contributed by atoms with Crippen LogP contribution in [0.3, 0.4) is 0 Å². The van der Waals surface area contributed by atoms with Gasteiger partial charge >= 0.3 is 0 Å². The van der Waals surface area contributed by atoms with Crippen molar-refractivity contribution in [3.8, 4) is 0 Å². The SMILES string of the molecule is Cc1ccc(S(=O)(=O)N(C)c2ccccc2C(=O)NCCSCc2cccc(Cl)c2)cc1. The molecule has 0 saturated carbocycles. The summed E-state index contributed by atoms with van der Waals surface area (Å²) in [4.78, 5) is 13.0. The lowest BCUT2D eigenvalue weighted by Gasteiger charge is -2.22. The molecular weight excluding hydrogens is 464 g/mol. The maximum atomic E-state index is 13.1. The Kier molecular flexibility index (Phi) is 8.23. The van der Waals surface area contributed by atoms with E-state index in [1.54, 1.807) is 60.3 Å². The van der Waals surface area contributed by atoms with Gasteiger partial charge in [0.05, 0.1) is 16.1 Å². The number of halogens is 1. The number of carbonyl (C=O) groups is 1. The molecular formula is C24H25ClN2O3S2. The Bertz CT molecular complexity index is 1180. The molecule has 1 N–H and O–H groups in total. The molecule has 168 valence electrons. The minimum absolute atomic E-state index is 0.179. The van der Waals surface area contributed by atoms with Crippen LogP contribution in [-0.2, 0) is 15.8 Å². The number of benzene rings is 3. The van der Waals surface area contributed by atoms with Gasteiger partial charge in [-0.15, -0.1) is 0 Å². The van der Waals surface area contributed by atoms with E-state index in [4.69, 9.17) is 11.6 Å². The Morgan fingerprint density at radius 3 is 2.47 bits per heavy atom. The molecule has 0 bridgehead atoms. The number of rotatable bonds is 9. The number of aryl methyl sites for hydroxylation is 1. The highest BCUT2D eigenvalue weighted by atomic mass is 35.5. The molecule has 0 atom stereocenters. The average molecular weight is 489 g/mol. The van der Waals surface area contributed by atoms with Gasteiger partial charge in [-0.2, -0.15) is 11.8 Å². The third kappa shape index (κ3) is 6.06. The predicted molar refractivity (Wildman–Crippen MR) is 133 cm³/mol. The largest absolute Gasteiger partial charge is 0.351 e. The second-order valence-electron chi connectivity index (χ2n) is 7.24. The molecule has 3 aromatic carbocycles. The fraction of sp³-hybridized carbons (Fsp3) is 0.208. The topological polar surface area (TPSA) is 66.5 Å². The van der Waals surface area contributed by atoms with Crippen molar-refractivity contribution in [3.05, 3.63) is 94.5 Å². The molecule has 0 aliphatic rings. The third-order valence-corrected chi connectivity index (χ3v) is 7.91. The van der Waals surface area contributed by atoms with Crippen molar-refractivity contribution in [2.24, 2.45) is 0 Å². The van der Waals surface area contributed by atoms with E-state index in [-0.39, 0.29) is 10.8 Å². The number of para-hydroxylation sites is 1. The quantitative estimate of drug-likeness (QED) is 0.424. The van der Waals surface area contributed by atoms with Crippen molar-refractivity contribution in [2.45, 2.75) is 17.6 Å². The Balaban J connectivity index is 1.63. The van der Waals surface area contributed by atoms with Crippen molar-refractivity contribution in [1.82, 2.24) is 5.32 Å². The molecule has 3 rings (SSSR count). The lowest BCUT2D eigenvalue weighted by atomic mass is 10.1. The van der Waals surface area contributed by atoms with Gasteiger partial charge in [0.25, 0.3) is 15.9 Å². The van der Waals surface area contributed by atoms with Crippen LogP contribution in [0.4, 0.5) is 5.69 Å².